The summed E-state index contributed by atoms with van der Waals surface area (Å²) in [7, 11) is 0. The summed E-state index contributed by atoms with van der Waals surface area (Å²) in [6.07, 6.45) is 3.71. The van der Waals surface area contributed by atoms with Crippen LogP contribution in [0.5, 0.6) is 0 Å². The summed E-state index contributed by atoms with van der Waals surface area (Å²) < 4.78 is 0. The van der Waals surface area contributed by atoms with Gasteiger partial charge in [-0.3, -0.25) is 4.79 Å². The van der Waals surface area contributed by atoms with E-state index in [0.717, 1.165) is 30.7 Å². The quantitative estimate of drug-likeness (QED) is 0.430. The second kappa shape index (κ2) is 2.86. The molecule has 0 aromatic carbocycles. The molecule has 2 N–H and O–H groups in total. The zero-order chi connectivity index (χ0) is 8.55. The van der Waals surface area contributed by atoms with Gasteiger partial charge in [-0.05, 0) is 31.5 Å². The summed E-state index contributed by atoms with van der Waals surface area (Å²) in [6.45, 7) is 0. The van der Waals surface area contributed by atoms with Gasteiger partial charge in [0.05, 0.1) is 0 Å². The van der Waals surface area contributed by atoms with Gasteiger partial charge in [-0.15, -0.1) is 0 Å². The molecular formula is C8H10N2OS. The number of rotatable bonds is 0. The number of carbonyl (C=O) groups is 1. The molecule has 0 spiro atoms. The van der Waals surface area contributed by atoms with Crippen LogP contribution in [0.4, 0.5) is 0 Å². The Labute approximate surface area is 76.2 Å². The van der Waals surface area contributed by atoms with Crippen molar-refractivity contribution in [3.63, 3.8) is 0 Å². The third kappa shape index (κ3) is 1.22. The number of hydrogen-bond donors (Lipinski definition) is 2. The fourth-order valence-electron chi connectivity index (χ4n) is 1.52. The van der Waals surface area contributed by atoms with Crippen molar-refractivity contribution in [3.05, 3.63) is 11.4 Å². The molecule has 0 aromatic rings. The number of hydrogen-bond acceptors (Lipinski definition) is 2. The average Bonchev–Trinajstić information content (AvgIpc) is 2.01. The Morgan fingerprint density at radius 3 is 2.42 bits per heavy atom. The van der Waals surface area contributed by atoms with Crippen molar-refractivity contribution in [2.45, 2.75) is 25.7 Å². The zero-order valence-corrected chi connectivity index (χ0v) is 7.46. The summed E-state index contributed by atoms with van der Waals surface area (Å²) >= 11 is 4.80. The van der Waals surface area contributed by atoms with Gasteiger partial charge in [0.1, 0.15) is 5.82 Å². The van der Waals surface area contributed by atoms with Gasteiger partial charge in [0.2, 0.25) is 0 Å². The van der Waals surface area contributed by atoms with E-state index >= 15 is 0 Å². The molecule has 4 heteroatoms. The number of nitrogens with one attached hydrogen (secondary N) is 2. The Balaban J connectivity index is 2.15. The molecule has 1 saturated carbocycles. The number of carbonyl (C=O) groups excluding carboxylic acids is 1. The molecule has 2 fully saturated rings. The van der Waals surface area contributed by atoms with Crippen molar-refractivity contribution in [2.24, 2.45) is 0 Å². The van der Waals surface area contributed by atoms with Gasteiger partial charge in [-0.25, -0.2) is 0 Å². The number of Topliss-reactive ketones (excluding diaryl/α,β-unsaturated/α-hetero) is 1. The van der Waals surface area contributed by atoms with Gasteiger partial charge < -0.3 is 10.6 Å². The molecule has 0 aromatic heterocycles. The molecular weight excluding hydrogens is 172 g/mol. The topological polar surface area (TPSA) is 41.1 Å². The zero-order valence-electron chi connectivity index (χ0n) is 6.64. The number of ketones is 1. The minimum Gasteiger partial charge on any atom is -0.318 e. The van der Waals surface area contributed by atoms with E-state index in [0.29, 0.717) is 11.5 Å². The van der Waals surface area contributed by atoms with Gasteiger partial charge in [-0.1, -0.05) is 0 Å². The van der Waals surface area contributed by atoms with E-state index in [1.807, 2.05) is 0 Å². The van der Waals surface area contributed by atoms with Gasteiger partial charge >= 0.3 is 0 Å². The lowest BCUT2D eigenvalue weighted by molar-refractivity contribution is -0.116. The SMILES string of the molecule is O=C1CCCCC1=C1NC(=S)N1. The fourth-order valence-corrected chi connectivity index (χ4v) is 1.72. The number of thiocarbonyl (C=S) groups is 1. The molecule has 12 heavy (non-hydrogen) atoms. The van der Waals surface area contributed by atoms with E-state index in [2.05, 4.69) is 10.6 Å². The second-order valence-corrected chi connectivity index (χ2v) is 3.47. The van der Waals surface area contributed by atoms with E-state index in [-0.39, 0.29) is 5.78 Å². The van der Waals surface area contributed by atoms with Crippen LogP contribution in [0.3, 0.4) is 0 Å². The van der Waals surface area contributed by atoms with Crippen molar-refractivity contribution < 1.29 is 4.79 Å². The molecule has 3 nitrogen and oxygen atoms in total. The van der Waals surface area contributed by atoms with E-state index < -0.39 is 0 Å². The highest BCUT2D eigenvalue weighted by Gasteiger charge is 2.24. The van der Waals surface area contributed by atoms with Crippen LogP contribution in [0, 0.1) is 0 Å². The molecule has 2 rings (SSSR count). The van der Waals surface area contributed by atoms with Gasteiger partial charge in [0, 0.05) is 12.0 Å². The first-order chi connectivity index (χ1) is 5.77. The summed E-state index contributed by atoms with van der Waals surface area (Å²) in [5.41, 5.74) is 0.898. The largest absolute Gasteiger partial charge is 0.318 e. The van der Waals surface area contributed by atoms with E-state index in [1.54, 1.807) is 0 Å². The molecule has 1 aliphatic carbocycles. The Morgan fingerprint density at radius 2 is 1.83 bits per heavy atom. The highest BCUT2D eigenvalue weighted by molar-refractivity contribution is 7.80. The van der Waals surface area contributed by atoms with Gasteiger partial charge in [-0.2, -0.15) is 0 Å². The first-order valence-electron chi connectivity index (χ1n) is 4.12. The van der Waals surface area contributed by atoms with E-state index in [4.69, 9.17) is 12.2 Å². The third-order valence-electron chi connectivity index (χ3n) is 2.20. The lowest BCUT2D eigenvalue weighted by Crippen LogP contribution is -2.52. The van der Waals surface area contributed by atoms with Gasteiger partial charge in [0.25, 0.3) is 0 Å². The molecule has 0 amide bonds. The predicted molar refractivity (Wildman–Crippen MR) is 49.4 cm³/mol. The first-order valence-corrected chi connectivity index (χ1v) is 4.52. The maximum atomic E-state index is 11.4. The maximum absolute atomic E-state index is 11.4. The molecule has 2 aliphatic rings. The summed E-state index contributed by atoms with van der Waals surface area (Å²) in [5.74, 6) is 1.10. The van der Waals surface area contributed by atoms with Crippen LogP contribution < -0.4 is 10.6 Å². The maximum Gasteiger partial charge on any atom is 0.177 e. The van der Waals surface area contributed by atoms with Crippen LogP contribution in [0.2, 0.25) is 0 Å². The molecule has 0 unspecified atom stereocenters. The van der Waals surface area contributed by atoms with Crippen LogP contribution in [-0.4, -0.2) is 10.9 Å². The average molecular weight is 182 g/mol. The van der Waals surface area contributed by atoms with Crippen LogP contribution >= 0.6 is 12.2 Å². The first kappa shape index (κ1) is 7.73. The van der Waals surface area contributed by atoms with Gasteiger partial charge in [0.15, 0.2) is 10.9 Å². The van der Waals surface area contributed by atoms with E-state index in [9.17, 15) is 4.79 Å². The van der Waals surface area contributed by atoms with Crippen LogP contribution in [0.15, 0.2) is 11.4 Å². The lowest BCUT2D eigenvalue weighted by Gasteiger charge is -2.28. The minimum atomic E-state index is 0.263. The van der Waals surface area contributed by atoms with E-state index in [1.165, 1.54) is 0 Å². The second-order valence-electron chi connectivity index (χ2n) is 3.06. The summed E-state index contributed by atoms with van der Waals surface area (Å²) in [5, 5.41) is 6.47. The fraction of sp³-hybridized carbons (Fsp3) is 0.500. The standard InChI is InChI=1S/C8H10N2OS/c11-6-4-2-1-3-5(6)7-9-8(12)10-7/h1-4H2,(H2,9,10,12). The van der Waals surface area contributed by atoms with Crippen molar-refractivity contribution in [1.29, 1.82) is 0 Å². The summed E-state index contributed by atoms with van der Waals surface area (Å²) in [4.78, 5) is 11.4. The molecule has 1 heterocycles. The monoisotopic (exact) mass is 182 g/mol. The Kier molecular flexibility index (Phi) is 1.84. The molecule has 1 saturated heterocycles. The molecule has 64 valence electrons. The van der Waals surface area contributed by atoms with Crippen molar-refractivity contribution in [1.82, 2.24) is 10.6 Å². The molecule has 0 atom stereocenters. The number of allylic oxidation sites excluding steroid dienone is 1. The van der Waals surface area contributed by atoms with Crippen molar-refractivity contribution in [3.8, 4) is 0 Å². The smallest absolute Gasteiger partial charge is 0.177 e. The molecule has 0 bridgehead atoms. The Hall–Kier alpha value is -0.900. The Morgan fingerprint density at radius 1 is 1.17 bits per heavy atom. The van der Waals surface area contributed by atoms with Crippen molar-refractivity contribution in [2.75, 3.05) is 0 Å². The minimum absolute atomic E-state index is 0.263. The molecule has 1 aliphatic heterocycles. The van der Waals surface area contributed by atoms with Crippen LogP contribution in [0.1, 0.15) is 25.7 Å². The normalized spacial score (nSPS) is 23.0. The van der Waals surface area contributed by atoms with Crippen LogP contribution in [-0.2, 0) is 4.79 Å². The Bertz CT molecular complexity index is 273. The van der Waals surface area contributed by atoms with Crippen molar-refractivity contribution >= 4 is 23.1 Å². The van der Waals surface area contributed by atoms with Crippen LogP contribution in [0.25, 0.3) is 0 Å². The third-order valence-corrected chi connectivity index (χ3v) is 2.40. The highest BCUT2D eigenvalue weighted by Crippen LogP contribution is 2.22. The predicted octanol–water partition coefficient (Wildman–Crippen LogP) is 0.819. The molecule has 0 radical (unpaired) electrons. The summed E-state index contributed by atoms with van der Waals surface area (Å²) in [6, 6.07) is 0. The highest BCUT2D eigenvalue weighted by atomic mass is 32.1. The lowest BCUT2D eigenvalue weighted by atomic mass is 9.93.